The lowest BCUT2D eigenvalue weighted by Gasteiger charge is -2.07. The number of aliphatic hydroxyl groups excluding tert-OH is 1. The van der Waals surface area contributed by atoms with Gasteiger partial charge in [-0.15, -0.1) is 11.8 Å². The number of amides is 1. The van der Waals surface area contributed by atoms with Crippen LogP contribution in [0, 0.1) is 0 Å². The molecule has 2 rings (SSSR count). The molecule has 2 N–H and O–H groups in total. The van der Waals surface area contributed by atoms with Crippen LogP contribution < -0.4 is 5.32 Å². The van der Waals surface area contributed by atoms with E-state index in [0.29, 0.717) is 16.5 Å². The van der Waals surface area contributed by atoms with Gasteiger partial charge in [-0.1, -0.05) is 48.0 Å². The lowest BCUT2D eigenvalue weighted by atomic mass is 10.2. The van der Waals surface area contributed by atoms with Crippen LogP contribution in [0.4, 0.5) is 5.69 Å². The molecular weight excluding hydrogens is 306 g/mol. The first kappa shape index (κ1) is 15.9. The summed E-state index contributed by atoms with van der Waals surface area (Å²) >= 11 is 7.52. The van der Waals surface area contributed by atoms with Gasteiger partial charge in [-0.2, -0.15) is 0 Å². The number of carbonyl (C=O) groups excluding carboxylic acids is 1. The summed E-state index contributed by atoms with van der Waals surface area (Å²) in [5.74, 6) is 1.05. The van der Waals surface area contributed by atoms with Crippen molar-refractivity contribution in [3.05, 3.63) is 64.7 Å². The zero-order valence-electron chi connectivity index (χ0n) is 11.4. The van der Waals surface area contributed by atoms with Crippen LogP contribution in [0.25, 0.3) is 0 Å². The summed E-state index contributed by atoms with van der Waals surface area (Å²) in [6, 6.07) is 14.9. The molecular formula is C16H16ClNO2S. The fraction of sp³-hybridized carbons (Fsp3) is 0.188. The van der Waals surface area contributed by atoms with E-state index in [-0.39, 0.29) is 12.5 Å². The van der Waals surface area contributed by atoms with Crippen LogP contribution in [-0.4, -0.2) is 16.8 Å². The second-order valence-electron chi connectivity index (χ2n) is 4.50. The van der Waals surface area contributed by atoms with Crippen molar-refractivity contribution in [3.8, 4) is 0 Å². The Balaban J connectivity index is 1.77. The van der Waals surface area contributed by atoms with Crippen molar-refractivity contribution in [2.75, 3.05) is 11.1 Å². The molecule has 0 aliphatic carbocycles. The SMILES string of the molecule is O=C(CSCc1ccc(CO)cc1)Nc1ccccc1Cl. The number of rotatable bonds is 6. The first-order valence-corrected chi connectivity index (χ1v) is 8.03. The maximum atomic E-state index is 11.8. The molecule has 21 heavy (non-hydrogen) atoms. The minimum atomic E-state index is -0.0694. The van der Waals surface area contributed by atoms with Gasteiger partial charge in [0.25, 0.3) is 0 Å². The lowest BCUT2D eigenvalue weighted by molar-refractivity contribution is -0.113. The van der Waals surface area contributed by atoms with Crippen LogP contribution >= 0.6 is 23.4 Å². The Labute approximate surface area is 133 Å². The Morgan fingerprint density at radius 1 is 1.10 bits per heavy atom. The molecule has 0 saturated carbocycles. The highest BCUT2D eigenvalue weighted by atomic mass is 35.5. The summed E-state index contributed by atoms with van der Waals surface area (Å²) in [4.78, 5) is 11.8. The van der Waals surface area contributed by atoms with E-state index in [0.717, 1.165) is 16.9 Å². The number of nitrogens with one attached hydrogen (secondary N) is 1. The van der Waals surface area contributed by atoms with Gasteiger partial charge in [0.05, 0.1) is 23.1 Å². The van der Waals surface area contributed by atoms with Crippen LogP contribution in [0.1, 0.15) is 11.1 Å². The standard InChI is InChI=1S/C16H16ClNO2S/c17-14-3-1-2-4-15(14)18-16(20)11-21-10-13-7-5-12(9-19)6-8-13/h1-8,19H,9-11H2,(H,18,20). The number of aliphatic hydroxyl groups is 1. The third kappa shape index (κ3) is 5.08. The van der Waals surface area contributed by atoms with Crippen LogP contribution in [0.5, 0.6) is 0 Å². The van der Waals surface area contributed by atoms with Gasteiger partial charge in [-0.3, -0.25) is 4.79 Å². The van der Waals surface area contributed by atoms with Gasteiger partial charge < -0.3 is 10.4 Å². The summed E-state index contributed by atoms with van der Waals surface area (Å²) in [6.45, 7) is 0.0493. The van der Waals surface area contributed by atoms with Crippen molar-refractivity contribution in [2.45, 2.75) is 12.4 Å². The third-order valence-electron chi connectivity index (χ3n) is 2.86. The topological polar surface area (TPSA) is 49.3 Å². The number of halogens is 1. The Hall–Kier alpha value is -1.49. The monoisotopic (exact) mass is 321 g/mol. The van der Waals surface area contributed by atoms with Crippen LogP contribution in [0.15, 0.2) is 48.5 Å². The average Bonchev–Trinajstić information content (AvgIpc) is 2.50. The molecule has 0 aliphatic rings. The maximum absolute atomic E-state index is 11.8. The predicted octanol–water partition coefficient (Wildman–Crippen LogP) is 3.70. The zero-order valence-corrected chi connectivity index (χ0v) is 13.0. The summed E-state index contributed by atoms with van der Waals surface area (Å²) in [6.07, 6.45) is 0. The predicted molar refractivity (Wildman–Crippen MR) is 88.6 cm³/mol. The van der Waals surface area contributed by atoms with E-state index in [1.54, 1.807) is 12.1 Å². The largest absolute Gasteiger partial charge is 0.392 e. The van der Waals surface area contributed by atoms with Gasteiger partial charge in [-0.05, 0) is 23.3 Å². The van der Waals surface area contributed by atoms with E-state index in [1.807, 2.05) is 36.4 Å². The number of hydrogen-bond donors (Lipinski definition) is 2. The summed E-state index contributed by atoms with van der Waals surface area (Å²) in [5.41, 5.74) is 2.65. The second kappa shape index (κ2) is 8.08. The van der Waals surface area contributed by atoms with E-state index >= 15 is 0 Å². The Morgan fingerprint density at radius 2 is 1.76 bits per heavy atom. The third-order valence-corrected chi connectivity index (χ3v) is 4.19. The van der Waals surface area contributed by atoms with Crippen molar-refractivity contribution in [1.29, 1.82) is 0 Å². The second-order valence-corrected chi connectivity index (χ2v) is 5.89. The van der Waals surface area contributed by atoms with Gasteiger partial charge in [-0.25, -0.2) is 0 Å². The van der Waals surface area contributed by atoms with Crippen LogP contribution in [0.2, 0.25) is 5.02 Å². The number of carbonyl (C=O) groups is 1. The molecule has 0 atom stereocenters. The molecule has 1 amide bonds. The molecule has 0 spiro atoms. The highest BCUT2D eigenvalue weighted by Crippen LogP contribution is 2.21. The van der Waals surface area contributed by atoms with Crippen molar-refractivity contribution in [1.82, 2.24) is 0 Å². The highest BCUT2D eigenvalue weighted by molar-refractivity contribution is 7.99. The summed E-state index contributed by atoms with van der Waals surface area (Å²) in [5, 5.41) is 12.3. The number of benzene rings is 2. The number of hydrogen-bond acceptors (Lipinski definition) is 3. The van der Waals surface area contributed by atoms with E-state index in [1.165, 1.54) is 11.8 Å². The first-order valence-electron chi connectivity index (χ1n) is 6.50. The molecule has 0 heterocycles. The molecule has 2 aromatic rings. The maximum Gasteiger partial charge on any atom is 0.234 e. The number of anilines is 1. The fourth-order valence-electron chi connectivity index (χ4n) is 1.75. The van der Waals surface area contributed by atoms with Gasteiger partial charge in [0.15, 0.2) is 0 Å². The van der Waals surface area contributed by atoms with E-state index in [2.05, 4.69) is 5.32 Å². The Bertz CT molecular complexity index is 601. The molecule has 3 nitrogen and oxygen atoms in total. The fourth-order valence-corrected chi connectivity index (χ4v) is 2.72. The van der Waals surface area contributed by atoms with Gasteiger partial charge >= 0.3 is 0 Å². The summed E-state index contributed by atoms with van der Waals surface area (Å²) < 4.78 is 0. The van der Waals surface area contributed by atoms with Crippen molar-refractivity contribution in [3.63, 3.8) is 0 Å². The first-order chi connectivity index (χ1) is 10.2. The zero-order chi connectivity index (χ0) is 15.1. The molecule has 0 bridgehead atoms. The van der Waals surface area contributed by atoms with Crippen molar-refractivity contribution >= 4 is 35.0 Å². The number of para-hydroxylation sites is 1. The van der Waals surface area contributed by atoms with E-state index in [9.17, 15) is 4.79 Å². The Morgan fingerprint density at radius 3 is 2.43 bits per heavy atom. The average molecular weight is 322 g/mol. The van der Waals surface area contributed by atoms with Crippen molar-refractivity contribution < 1.29 is 9.90 Å². The van der Waals surface area contributed by atoms with Gasteiger partial charge in [0.1, 0.15) is 0 Å². The Kier molecular flexibility index (Phi) is 6.11. The van der Waals surface area contributed by atoms with E-state index in [4.69, 9.17) is 16.7 Å². The smallest absolute Gasteiger partial charge is 0.234 e. The minimum Gasteiger partial charge on any atom is -0.392 e. The van der Waals surface area contributed by atoms with E-state index < -0.39 is 0 Å². The lowest BCUT2D eigenvalue weighted by Crippen LogP contribution is -2.14. The molecule has 0 unspecified atom stereocenters. The van der Waals surface area contributed by atoms with Crippen molar-refractivity contribution in [2.24, 2.45) is 0 Å². The highest BCUT2D eigenvalue weighted by Gasteiger charge is 2.05. The normalized spacial score (nSPS) is 10.4. The van der Waals surface area contributed by atoms with Crippen LogP contribution in [0.3, 0.4) is 0 Å². The number of thioether (sulfide) groups is 1. The molecule has 0 aliphatic heterocycles. The minimum absolute atomic E-state index is 0.0493. The molecule has 2 aromatic carbocycles. The van der Waals surface area contributed by atoms with Gasteiger partial charge in [0.2, 0.25) is 5.91 Å². The van der Waals surface area contributed by atoms with Crippen LogP contribution in [-0.2, 0) is 17.2 Å². The molecule has 110 valence electrons. The molecule has 5 heteroatoms. The quantitative estimate of drug-likeness (QED) is 0.853. The molecule has 0 radical (unpaired) electrons. The molecule has 0 aromatic heterocycles. The summed E-state index contributed by atoms with van der Waals surface area (Å²) in [7, 11) is 0. The molecule has 0 fully saturated rings. The molecule has 0 saturated heterocycles. The van der Waals surface area contributed by atoms with Gasteiger partial charge in [0, 0.05) is 5.75 Å².